The molecule has 2 amide bonds. The lowest BCUT2D eigenvalue weighted by atomic mass is 10.2. The molecule has 0 saturated carbocycles. The highest BCUT2D eigenvalue weighted by molar-refractivity contribution is 7.89. The summed E-state index contributed by atoms with van der Waals surface area (Å²) in [4.78, 5) is 22.6. The number of piperazine rings is 1. The molecule has 102 valence electrons. The van der Waals surface area contributed by atoms with Crippen LogP contribution in [0.15, 0.2) is 23.1 Å². The molecular formula is C12H14N2O4S. The second-order valence-electron chi connectivity index (χ2n) is 4.57. The maximum Gasteiger partial charge on any atom is 0.244 e. The van der Waals surface area contributed by atoms with E-state index in [0.29, 0.717) is 0 Å². The average Bonchev–Trinajstić information content (AvgIpc) is 2.26. The van der Waals surface area contributed by atoms with E-state index >= 15 is 0 Å². The summed E-state index contributed by atoms with van der Waals surface area (Å²) >= 11 is 0. The first-order valence-corrected chi connectivity index (χ1v) is 7.14. The summed E-state index contributed by atoms with van der Waals surface area (Å²) in [5, 5.41) is 2.07. The Balaban J connectivity index is 2.41. The van der Waals surface area contributed by atoms with Crippen molar-refractivity contribution in [1.82, 2.24) is 9.62 Å². The third-order valence-corrected chi connectivity index (χ3v) is 4.52. The van der Waals surface area contributed by atoms with Crippen molar-refractivity contribution >= 4 is 21.8 Å². The number of hydrogen-bond donors (Lipinski definition) is 1. The van der Waals surface area contributed by atoms with Gasteiger partial charge in [0, 0.05) is 0 Å². The van der Waals surface area contributed by atoms with Gasteiger partial charge in [0.15, 0.2) is 0 Å². The molecule has 1 aromatic rings. The van der Waals surface area contributed by atoms with Crippen molar-refractivity contribution in [3.05, 3.63) is 29.3 Å². The van der Waals surface area contributed by atoms with Gasteiger partial charge in [-0.1, -0.05) is 6.07 Å². The lowest BCUT2D eigenvalue weighted by Gasteiger charge is -2.25. The quantitative estimate of drug-likeness (QED) is 0.771. The third-order valence-electron chi connectivity index (χ3n) is 2.75. The van der Waals surface area contributed by atoms with E-state index in [-0.39, 0.29) is 18.0 Å². The molecule has 1 N–H and O–H groups in total. The van der Waals surface area contributed by atoms with Crippen molar-refractivity contribution < 1.29 is 18.0 Å². The predicted octanol–water partition coefficient (Wildman–Crippen LogP) is -0.0495. The SMILES string of the molecule is Cc1cc(C)cc(S(=O)(=O)N2CC(=O)NC(=O)C2)c1. The fourth-order valence-corrected chi connectivity index (χ4v) is 3.55. The van der Waals surface area contributed by atoms with Gasteiger partial charge in [-0.15, -0.1) is 0 Å². The number of carbonyl (C=O) groups excluding carboxylic acids is 2. The second-order valence-corrected chi connectivity index (χ2v) is 6.51. The maximum atomic E-state index is 12.4. The first kappa shape index (κ1) is 13.7. The number of imide groups is 1. The number of nitrogens with one attached hydrogen (secondary N) is 1. The van der Waals surface area contributed by atoms with Crippen molar-refractivity contribution in [2.75, 3.05) is 13.1 Å². The number of carbonyl (C=O) groups is 2. The first-order valence-electron chi connectivity index (χ1n) is 5.70. The molecular weight excluding hydrogens is 268 g/mol. The van der Waals surface area contributed by atoms with Crippen LogP contribution in [0.3, 0.4) is 0 Å². The summed E-state index contributed by atoms with van der Waals surface area (Å²) in [7, 11) is -3.82. The van der Waals surface area contributed by atoms with Crippen molar-refractivity contribution in [2.24, 2.45) is 0 Å². The van der Waals surface area contributed by atoms with Crippen LogP contribution >= 0.6 is 0 Å². The summed E-state index contributed by atoms with van der Waals surface area (Å²) in [5.41, 5.74) is 1.62. The van der Waals surface area contributed by atoms with E-state index in [2.05, 4.69) is 5.32 Å². The Morgan fingerprint density at radius 3 is 1.95 bits per heavy atom. The standard InChI is InChI=1S/C12H14N2O4S/c1-8-3-9(2)5-10(4-8)19(17,18)14-6-11(15)13-12(16)7-14/h3-5H,6-7H2,1-2H3,(H,13,15,16). The van der Waals surface area contributed by atoms with Gasteiger partial charge in [-0.2, -0.15) is 4.31 Å². The van der Waals surface area contributed by atoms with Crippen LogP contribution in [0.5, 0.6) is 0 Å². The smallest absolute Gasteiger partial charge is 0.244 e. The zero-order valence-electron chi connectivity index (χ0n) is 10.6. The van der Waals surface area contributed by atoms with Gasteiger partial charge < -0.3 is 0 Å². The van der Waals surface area contributed by atoms with E-state index in [9.17, 15) is 18.0 Å². The zero-order valence-corrected chi connectivity index (χ0v) is 11.5. The summed E-state index contributed by atoms with van der Waals surface area (Å²) in [6.07, 6.45) is 0. The fraction of sp³-hybridized carbons (Fsp3) is 0.333. The Hall–Kier alpha value is -1.73. The Bertz CT molecular complexity index is 615. The average molecular weight is 282 g/mol. The number of rotatable bonds is 2. The highest BCUT2D eigenvalue weighted by Gasteiger charge is 2.32. The van der Waals surface area contributed by atoms with Crippen LogP contribution in [-0.4, -0.2) is 37.6 Å². The number of hydrogen-bond acceptors (Lipinski definition) is 4. The molecule has 0 aliphatic carbocycles. The van der Waals surface area contributed by atoms with Gasteiger partial charge >= 0.3 is 0 Å². The number of amides is 2. The summed E-state index contributed by atoms with van der Waals surface area (Å²) in [6.45, 7) is 2.92. The minimum Gasteiger partial charge on any atom is -0.294 e. The lowest BCUT2D eigenvalue weighted by molar-refractivity contribution is -0.134. The Labute approximate surface area is 111 Å². The third kappa shape index (κ3) is 2.82. The van der Waals surface area contributed by atoms with Crippen LogP contribution in [0.1, 0.15) is 11.1 Å². The Kier molecular flexibility index (Phi) is 3.42. The van der Waals surface area contributed by atoms with E-state index in [4.69, 9.17) is 0 Å². The molecule has 19 heavy (non-hydrogen) atoms. The van der Waals surface area contributed by atoms with Crippen molar-refractivity contribution in [1.29, 1.82) is 0 Å². The minimum absolute atomic E-state index is 0.104. The largest absolute Gasteiger partial charge is 0.294 e. The maximum absolute atomic E-state index is 12.4. The molecule has 0 spiro atoms. The van der Waals surface area contributed by atoms with Crippen molar-refractivity contribution in [3.63, 3.8) is 0 Å². The van der Waals surface area contributed by atoms with Gasteiger partial charge in [0.05, 0.1) is 18.0 Å². The van der Waals surface area contributed by atoms with Crippen LogP contribution in [0.25, 0.3) is 0 Å². The van der Waals surface area contributed by atoms with Gasteiger partial charge in [0.1, 0.15) is 0 Å². The number of sulfonamides is 1. The minimum atomic E-state index is -3.82. The van der Waals surface area contributed by atoms with Crippen LogP contribution in [0.4, 0.5) is 0 Å². The number of nitrogens with zero attached hydrogens (tertiary/aromatic N) is 1. The number of aryl methyl sites for hydroxylation is 2. The number of benzene rings is 1. The zero-order chi connectivity index (χ0) is 14.2. The molecule has 6 nitrogen and oxygen atoms in total. The molecule has 0 aromatic heterocycles. The molecule has 0 bridgehead atoms. The van der Waals surface area contributed by atoms with E-state index in [0.717, 1.165) is 15.4 Å². The second kappa shape index (κ2) is 4.75. The normalized spacial score (nSPS) is 17.4. The molecule has 1 aliphatic heterocycles. The Morgan fingerprint density at radius 2 is 1.47 bits per heavy atom. The van der Waals surface area contributed by atoms with Crippen LogP contribution in [-0.2, 0) is 19.6 Å². The topological polar surface area (TPSA) is 83.6 Å². The molecule has 0 radical (unpaired) electrons. The highest BCUT2D eigenvalue weighted by Crippen LogP contribution is 2.19. The summed E-state index contributed by atoms with van der Waals surface area (Å²) in [5.74, 6) is -1.21. The van der Waals surface area contributed by atoms with Crippen molar-refractivity contribution in [3.8, 4) is 0 Å². The highest BCUT2D eigenvalue weighted by atomic mass is 32.2. The lowest BCUT2D eigenvalue weighted by Crippen LogP contribution is -2.53. The first-order chi connectivity index (χ1) is 8.79. The molecule has 1 aliphatic rings. The van der Waals surface area contributed by atoms with Crippen LogP contribution < -0.4 is 5.32 Å². The van der Waals surface area contributed by atoms with E-state index in [1.54, 1.807) is 13.8 Å². The molecule has 1 saturated heterocycles. The fourth-order valence-electron chi connectivity index (χ4n) is 2.01. The molecule has 7 heteroatoms. The van der Waals surface area contributed by atoms with Crippen molar-refractivity contribution in [2.45, 2.75) is 18.7 Å². The molecule has 0 unspecified atom stereocenters. The molecule has 0 atom stereocenters. The van der Waals surface area contributed by atoms with E-state index in [1.807, 2.05) is 6.07 Å². The Morgan fingerprint density at radius 1 is 1.00 bits per heavy atom. The van der Waals surface area contributed by atoms with Gasteiger partial charge in [-0.05, 0) is 37.1 Å². The molecule has 2 rings (SSSR count). The monoisotopic (exact) mass is 282 g/mol. The summed E-state index contributed by atoms with van der Waals surface area (Å²) in [6, 6.07) is 4.91. The van der Waals surface area contributed by atoms with Gasteiger partial charge in [-0.25, -0.2) is 8.42 Å². The van der Waals surface area contributed by atoms with E-state index < -0.39 is 21.8 Å². The van der Waals surface area contributed by atoms with Gasteiger partial charge in [0.2, 0.25) is 21.8 Å². The van der Waals surface area contributed by atoms with Gasteiger partial charge in [-0.3, -0.25) is 14.9 Å². The summed E-state index contributed by atoms with van der Waals surface area (Å²) < 4.78 is 25.6. The van der Waals surface area contributed by atoms with E-state index in [1.165, 1.54) is 12.1 Å². The molecule has 1 fully saturated rings. The van der Waals surface area contributed by atoms with Crippen LogP contribution in [0.2, 0.25) is 0 Å². The molecule has 1 aromatic carbocycles. The predicted molar refractivity (Wildman–Crippen MR) is 67.8 cm³/mol. The molecule has 1 heterocycles. The van der Waals surface area contributed by atoms with Gasteiger partial charge in [0.25, 0.3) is 0 Å². The van der Waals surface area contributed by atoms with Crippen LogP contribution in [0, 0.1) is 13.8 Å².